The Morgan fingerprint density at radius 2 is 1.82 bits per heavy atom. The summed E-state index contributed by atoms with van der Waals surface area (Å²) >= 11 is 8.91. The number of nitrogens with zero attached hydrogens (tertiary/aromatic N) is 3. The fourth-order valence-corrected chi connectivity index (χ4v) is 6.38. The van der Waals surface area contributed by atoms with Crippen LogP contribution >= 0.6 is 34.7 Å². The molecule has 0 saturated carbocycles. The number of carbonyl (C=O) groups excluding carboxylic acids is 2. The van der Waals surface area contributed by atoms with Crippen LogP contribution in [0.3, 0.4) is 0 Å². The van der Waals surface area contributed by atoms with Gasteiger partial charge >= 0.3 is 5.91 Å². The molecule has 0 radical (unpaired) electrons. The van der Waals surface area contributed by atoms with E-state index in [1.165, 1.54) is 28.0 Å². The van der Waals surface area contributed by atoms with Crippen molar-refractivity contribution in [1.82, 2.24) is 10.2 Å². The quantitative estimate of drug-likeness (QED) is 0.0562. The third-order valence-electron chi connectivity index (χ3n) is 6.24. The first kappa shape index (κ1) is 27.6. The van der Waals surface area contributed by atoms with Crippen molar-refractivity contribution >= 4 is 57.3 Å². The van der Waals surface area contributed by atoms with Gasteiger partial charge in [-0.2, -0.15) is 0 Å². The van der Waals surface area contributed by atoms with Crippen LogP contribution in [0.15, 0.2) is 95.4 Å². The predicted octanol–water partition coefficient (Wildman–Crippen LogP) is 6.98. The molecule has 0 bridgehead atoms. The summed E-state index contributed by atoms with van der Waals surface area (Å²) in [6.07, 6.45) is 1.64. The van der Waals surface area contributed by atoms with Crippen molar-refractivity contribution in [3.8, 4) is 5.75 Å². The molecule has 1 atom stereocenters. The summed E-state index contributed by atoms with van der Waals surface area (Å²) in [5.41, 5.74) is 2.98. The Morgan fingerprint density at radius 1 is 1.10 bits per heavy atom. The van der Waals surface area contributed by atoms with Crippen LogP contribution in [0.4, 0.5) is 5.13 Å². The normalized spacial score (nSPS) is 16.4. The van der Waals surface area contributed by atoms with E-state index in [-0.39, 0.29) is 16.5 Å². The standard InChI is InChI=1S/C30H24ClN3O4S2/c1-3-16-38-22-14-12-19(13-15-22)25-24(26(35)20-10-8-18(2)9-11-20)27(36)28(37)34(25)29-32-33-30(40-29)39-17-21-6-4-5-7-23(21)31/h3-15,25,35H,1,16-17H2,2H3/b26-24-. The number of aryl methyl sites for hydroxylation is 1. The van der Waals surface area contributed by atoms with Crippen LogP contribution in [-0.2, 0) is 15.3 Å². The van der Waals surface area contributed by atoms with Crippen LogP contribution in [0.1, 0.15) is 28.3 Å². The molecule has 0 spiro atoms. The van der Waals surface area contributed by atoms with Crippen molar-refractivity contribution in [2.75, 3.05) is 11.5 Å². The second-order valence-corrected chi connectivity index (χ2v) is 11.5. The highest BCUT2D eigenvalue weighted by Gasteiger charge is 2.48. The molecule has 0 aliphatic carbocycles. The number of hydrogen-bond acceptors (Lipinski definition) is 8. The number of anilines is 1. The SMILES string of the molecule is C=CCOc1ccc(C2/C(=C(/O)c3ccc(C)cc3)C(=O)C(=O)N2c2nnc(SCc3ccccc3Cl)s2)cc1. The van der Waals surface area contributed by atoms with Gasteiger partial charge in [0.1, 0.15) is 18.1 Å². The summed E-state index contributed by atoms with van der Waals surface area (Å²) in [5, 5.41) is 20.7. The monoisotopic (exact) mass is 589 g/mol. The number of amides is 1. The topological polar surface area (TPSA) is 92.6 Å². The summed E-state index contributed by atoms with van der Waals surface area (Å²) in [5.74, 6) is -0.667. The summed E-state index contributed by atoms with van der Waals surface area (Å²) in [4.78, 5) is 28.2. The van der Waals surface area contributed by atoms with Gasteiger partial charge in [-0.1, -0.05) is 108 Å². The number of carbonyl (C=O) groups is 2. The second kappa shape index (κ2) is 12.1. The number of ether oxygens (including phenoxy) is 1. The molecule has 10 heteroatoms. The van der Waals surface area contributed by atoms with Gasteiger partial charge < -0.3 is 9.84 Å². The number of aliphatic hydroxyl groups is 1. The molecule has 1 amide bonds. The number of benzene rings is 3. The third-order valence-corrected chi connectivity index (χ3v) is 8.72. The number of Topliss-reactive ketones (excluding diaryl/α,β-unsaturated/α-hetero) is 1. The zero-order chi connectivity index (χ0) is 28.2. The van der Waals surface area contributed by atoms with Gasteiger partial charge in [0.05, 0.1) is 11.6 Å². The van der Waals surface area contributed by atoms with E-state index >= 15 is 0 Å². The van der Waals surface area contributed by atoms with Gasteiger partial charge in [-0.3, -0.25) is 14.5 Å². The molecule has 1 saturated heterocycles. The lowest BCUT2D eigenvalue weighted by molar-refractivity contribution is -0.132. The van der Waals surface area contributed by atoms with E-state index in [0.29, 0.717) is 38.6 Å². The largest absolute Gasteiger partial charge is 0.507 e. The lowest BCUT2D eigenvalue weighted by atomic mass is 9.95. The molecule has 202 valence electrons. The molecule has 40 heavy (non-hydrogen) atoms. The highest BCUT2D eigenvalue weighted by Crippen LogP contribution is 2.44. The van der Waals surface area contributed by atoms with E-state index in [9.17, 15) is 14.7 Å². The zero-order valence-electron chi connectivity index (χ0n) is 21.4. The molecule has 4 aromatic rings. The summed E-state index contributed by atoms with van der Waals surface area (Å²) in [6.45, 7) is 5.92. The Kier molecular flexibility index (Phi) is 8.35. The fraction of sp³-hybridized carbons (Fsp3) is 0.133. The molecule has 3 aromatic carbocycles. The number of aromatic nitrogens is 2. The number of ketones is 1. The molecule has 2 heterocycles. The Balaban J connectivity index is 1.53. The van der Waals surface area contributed by atoms with Gasteiger partial charge in [-0.05, 0) is 36.2 Å². The van der Waals surface area contributed by atoms with Gasteiger partial charge in [0.2, 0.25) is 5.13 Å². The van der Waals surface area contributed by atoms with Gasteiger partial charge in [0, 0.05) is 16.3 Å². The minimum Gasteiger partial charge on any atom is -0.507 e. The van der Waals surface area contributed by atoms with Gasteiger partial charge in [-0.25, -0.2) is 0 Å². The lowest BCUT2D eigenvalue weighted by Gasteiger charge is -2.22. The molecule has 1 fully saturated rings. The van der Waals surface area contributed by atoms with E-state index in [0.717, 1.165) is 11.1 Å². The lowest BCUT2D eigenvalue weighted by Crippen LogP contribution is -2.29. The van der Waals surface area contributed by atoms with E-state index in [1.54, 1.807) is 42.5 Å². The highest BCUT2D eigenvalue weighted by atomic mass is 35.5. The zero-order valence-corrected chi connectivity index (χ0v) is 23.8. The predicted molar refractivity (Wildman–Crippen MR) is 159 cm³/mol. The van der Waals surface area contributed by atoms with Gasteiger partial charge in [0.25, 0.3) is 5.78 Å². The Morgan fingerprint density at radius 3 is 2.52 bits per heavy atom. The Hall–Kier alpha value is -3.92. The average Bonchev–Trinajstić information content (AvgIpc) is 3.53. The van der Waals surface area contributed by atoms with Crippen molar-refractivity contribution in [2.45, 2.75) is 23.1 Å². The van der Waals surface area contributed by atoms with E-state index in [4.69, 9.17) is 16.3 Å². The van der Waals surface area contributed by atoms with Crippen molar-refractivity contribution in [3.63, 3.8) is 0 Å². The maximum Gasteiger partial charge on any atom is 0.301 e. The van der Waals surface area contributed by atoms with Gasteiger partial charge in [0.15, 0.2) is 4.34 Å². The number of rotatable bonds is 9. The third kappa shape index (κ3) is 5.67. The molecule has 7 nitrogen and oxygen atoms in total. The molecular weight excluding hydrogens is 566 g/mol. The maximum absolute atomic E-state index is 13.4. The van der Waals surface area contributed by atoms with Crippen molar-refractivity contribution < 1.29 is 19.4 Å². The first-order chi connectivity index (χ1) is 19.4. The van der Waals surface area contributed by atoms with Crippen LogP contribution in [0.25, 0.3) is 5.76 Å². The van der Waals surface area contributed by atoms with E-state index in [2.05, 4.69) is 16.8 Å². The smallest absolute Gasteiger partial charge is 0.301 e. The fourth-order valence-electron chi connectivity index (χ4n) is 4.23. The summed E-state index contributed by atoms with van der Waals surface area (Å²) in [6, 6.07) is 20.7. The molecule has 5 rings (SSSR count). The Labute approximate surface area is 244 Å². The first-order valence-corrected chi connectivity index (χ1v) is 14.5. The maximum atomic E-state index is 13.4. The van der Waals surface area contributed by atoms with Crippen molar-refractivity contribution in [3.05, 3.63) is 118 Å². The number of thioether (sulfide) groups is 1. The number of hydrogen-bond donors (Lipinski definition) is 1. The molecule has 1 aliphatic rings. The molecule has 1 unspecified atom stereocenters. The summed E-state index contributed by atoms with van der Waals surface area (Å²) < 4.78 is 6.21. The van der Waals surface area contributed by atoms with Crippen LogP contribution in [0.5, 0.6) is 5.75 Å². The average molecular weight is 590 g/mol. The molecule has 1 aromatic heterocycles. The summed E-state index contributed by atoms with van der Waals surface area (Å²) in [7, 11) is 0. The highest BCUT2D eigenvalue weighted by molar-refractivity contribution is 8.00. The van der Waals surface area contributed by atoms with Crippen molar-refractivity contribution in [2.24, 2.45) is 0 Å². The second-order valence-electron chi connectivity index (χ2n) is 8.93. The Bertz CT molecular complexity index is 1600. The molecule has 1 aliphatic heterocycles. The first-order valence-electron chi connectivity index (χ1n) is 12.3. The number of aliphatic hydroxyl groups excluding tert-OH is 1. The minimum atomic E-state index is -0.913. The van der Waals surface area contributed by atoms with Crippen LogP contribution < -0.4 is 9.64 Å². The van der Waals surface area contributed by atoms with Crippen LogP contribution in [0, 0.1) is 6.92 Å². The van der Waals surface area contributed by atoms with Crippen LogP contribution in [0.2, 0.25) is 5.02 Å². The molecule has 1 N–H and O–H groups in total. The molecular formula is C30H24ClN3O4S2. The van der Waals surface area contributed by atoms with Crippen LogP contribution in [-0.4, -0.2) is 33.6 Å². The van der Waals surface area contributed by atoms with E-state index in [1.807, 2.05) is 43.3 Å². The number of halogens is 1. The van der Waals surface area contributed by atoms with Crippen molar-refractivity contribution in [1.29, 1.82) is 0 Å². The minimum absolute atomic E-state index is 0.0194. The van der Waals surface area contributed by atoms with Gasteiger partial charge in [-0.15, -0.1) is 10.2 Å². The van der Waals surface area contributed by atoms with E-state index < -0.39 is 17.7 Å².